The Morgan fingerprint density at radius 3 is 2.55 bits per heavy atom. The number of nitrogens with one attached hydrogen (secondary N) is 1. The Bertz CT molecular complexity index is 460. The zero-order chi connectivity index (χ0) is 15.2. The number of alkyl halides is 3. The van der Waals surface area contributed by atoms with Crippen LogP contribution in [0, 0.1) is 5.82 Å². The number of carbonyl (C=O) groups excluding carboxylic acids is 1. The zero-order valence-corrected chi connectivity index (χ0v) is 10.8. The highest BCUT2D eigenvalue weighted by atomic mass is 19.4. The van der Waals surface area contributed by atoms with E-state index in [1.165, 1.54) is 6.07 Å². The monoisotopic (exact) mass is 292 g/mol. The lowest BCUT2D eigenvalue weighted by molar-refractivity contribution is -0.140. The number of rotatable bonds is 7. The minimum Gasteiger partial charge on any atom is -0.370 e. The number of unbranched alkanes of at least 4 members (excludes halogenated alkanes) is 1. The molecule has 1 aromatic rings. The molecule has 0 heterocycles. The summed E-state index contributed by atoms with van der Waals surface area (Å²) in [4.78, 5) is 10.5. The summed E-state index contributed by atoms with van der Waals surface area (Å²) < 4.78 is 50.5. The van der Waals surface area contributed by atoms with Gasteiger partial charge in [-0.05, 0) is 37.1 Å². The van der Waals surface area contributed by atoms with E-state index in [0.717, 1.165) is 12.1 Å². The van der Waals surface area contributed by atoms with Gasteiger partial charge < -0.3 is 11.1 Å². The lowest BCUT2D eigenvalue weighted by atomic mass is 10.1. The number of hydrogen-bond donors (Lipinski definition) is 2. The minimum absolute atomic E-state index is 0.208. The fourth-order valence-corrected chi connectivity index (χ4v) is 1.68. The van der Waals surface area contributed by atoms with Crippen LogP contribution in [0.15, 0.2) is 18.2 Å². The Hall–Kier alpha value is -1.63. The van der Waals surface area contributed by atoms with Gasteiger partial charge in [0.2, 0.25) is 5.91 Å². The van der Waals surface area contributed by atoms with Crippen molar-refractivity contribution in [2.24, 2.45) is 5.73 Å². The van der Waals surface area contributed by atoms with Crippen molar-refractivity contribution >= 4 is 5.91 Å². The van der Waals surface area contributed by atoms with Gasteiger partial charge in [-0.25, -0.2) is 4.39 Å². The van der Waals surface area contributed by atoms with Gasteiger partial charge in [0.05, 0.1) is 5.56 Å². The summed E-state index contributed by atoms with van der Waals surface area (Å²) in [6, 6.07) is 2.92. The number of primary amides is 1. The summed E-state index contributed by atoms with van der Waals surface area (Å²) in [6.07, 6.45) is -3.09. The average molecular weight is 292 g/mol. The Morgan fingerprint density at radius 2 is 1.95 bits per heavy atom. The second kappa shape index (κ2) is 7.23. The fraction of sp³-hybridized carbons (Fsp3) is 0.462. The quantitative estimate of drug-likeness (QED) is 0.599. The number of hydrogen-bond acceptors (Lipinski definition) is 2. The number of carbonyl (C=O) groups is 1. The van der Waals surface area contributed by atoms with Gasteiger partial charge in [0.15, 0.2) is 0 Å². The highest BCUT2D eigenvalue weighted by Crippen LogP contribution is 2.31. The zero-order valence-electron chi connectivity index (χ0n) is 10.8. The first-order valence-electron chi connectivity index (χ1n) is 6.15. The van der Waals surface area contributed by atoms with Gasteiger partial charge >= 0.3 is 6.18 Å². The van der Waals surface area contributed by atoms with E-state index >= 15 is 0 Å². The van der Waals surface area contributed by atoms with Crippen LogP contribution < -0.4 is 11.1 Å². The van der Waals surface area contributed by atoms with E-state index in [2.05, 4.69) is 5.32 Å². The number of amides is 1. The molecule has 0 spiro atoms. The van der Waals surface area contributed by atoms with Crippen molar-refractivity contribution in [3.63, 3.8) is 0 Å². The highest BCUT2D eigenvalue weighted by molar-refractivity contribution is 5.73. The third kappa shape index (κ3) is 5.56. The molecule has 1 aromatic carbocycles. The maximum Gasteiger partial charge on any atom is 0.419 e. The van der Waals surface area contributed by atoms with E-state index in [1.54, 1.807) is 0 Å². The summed E-state index contributed by atoms with van der Waals surface area (Å²) in [7, 11) is 0. The number of halogens is 4. The maximum absolute atomic E-state index is 13.0. The number of nitrogens with two attached hydrogens (primary N) is 1. The molecule has 0 aromatic heterocycles. The third-order valence-corrected chi connectivity index (χ3v) is 2.69. The van der Waals surface area contributed by atoms with Gasteiger partial charge in [-0.1, -0.05) is 6.07 Å². The van der Waals surface area contributed by atoms with E-state index in [-0.39, 0.29) is 18.9 Å². The smallest absolute Gasteiger partial charge is 0.370 e. The second-order valence-electron chi connectivity index (χ2n) is 4.41. The molecule has 0 unspecified atom stereocenters. The van der Waals surface area contributed by atoms with E-state index < -0.39 is 17.6 Å². The minimum atomic E-state index is -4.69. The van der Waals surface area contributed by atoms with Gasteiger partial charge in [0.1, 0.15) is 5.82 Å². The first-order valence-corrected chi connectivity index (χ1v) is 6.15. The fourth-order valence-electron chi connectivity index (χ4n) is 1.68. The molecule has 3 N–H and O–H groups in total. The van der Waals surface area contributed by atoms with Gasteiger partial charge in [-0.15, -0.1) is 0 Å². The Labute approximate surface area is 114 Å². The average Bonchev–Trinajstić information content (AvgIpc) is 2.33. The van der Waals surface area contributed by atoms with Crippen molar-refractivity contribution in [3.8, 4) is 0 Å². The lowest BCUT2D eigenvalue weighted by Gasteiger charge is -2.10. The Kier molecular flexibility index (Phi) is 5.94. The molecule has 1 amide bonds. The molecule has 0 atom stereocenters. The topological polar surface area (TPSA) is 55.1 Å². The summed E-state index contributed by atoms with van der Waals surface area (Å²) in [5.41, 5.74) is 4.06. The van der Waals surface area contributed by atoms with Crippen molar-refractivity contribution in [2.75, 3.05) is 6.54 Å². The maximum atomic E-state index is 13.0. The molecule has 0 radical (unpaired) electrons. The van der Waals surface area contributed by atoms with Gasteiger partial charge in [-0.3, -0.25) is 4.79 Å². The predicted molar refractivity (Wildman–Crippen MR) is 66.2 cm³/mol. The van der Waals surface area contributed by atoms with Gasteiger partial charge in [-0.2, -0.15) is 13.2 Å². The first-order chi connectivity index (χ1) is 9.30. The molecule has 3 nitrogen and oxygen atoms in total. The van der Waals surface area contributed by atoms with Crippen LogP contribution in [0.3, 0.4) is 0 Å². The van der Waals surface area contributed by atoms with Crippen molar-refractivity contribution in [3.05, 3.63) is 35.1 Å². The molecule has 0 fully saturated rings. The molecule has 7 heteroatoms. The molecular formula is C13H16F4N2O. The van der Waals surface area contributed by atoms with Crippen molar-refractivity contribution in [1.82, 2.24) is 5.32 Å². The molecule has 1 rings (SSSR count). The van der Waals surface area contributed by atoms with Crippen LogP contribution in [-0.4, -0.2) is 12.5 Å². The summed E-state index contributed by atoms with van der Waals surface area (Å²) in [6.45, 7) is 0.756. The van der Waals surface area contributed by atoms with Crippen molar-refractivity contribution in [1.29, 1.82) is 0 Å². The van der Waals surface area contributed by atoms with E-state index in [9.17, 15) is 22.4 Å². The molecule has 0 saturated heterocycles. The standard InChI is InChI=1S/C13H16F4N2O/c14-11-5-4-9(7-10(11)13(15,16)17)8-19-6-2-1-3-12(18)20/h4-5,7,19H,1-3,6,8H2,(H2,18,20). The molecule has 0 aliphatic rings. The van der Waals surface area contributed by atoms with Crippen LogP contribution in [0.2, 0.25) is 0 Å². The molecule has 0 aliphatic heterocycles. The second-order valence-corrected chi connectivity index (χ2v) is 4.41. The lowest BCUT2D eigenvalue weighted by Crippen LogP contribution is -2.17. The first kappa shape index (κ1) is 16.4. The largest absolute Gasteiger partial charge is 0.419 e. The highest BCUT2D eigenvalue weighted by Gasteiger charge is 2.34. The normalized spacial score (nSPS) is 11.6. The number of benzene rings is 1. The van der Waals surface area contributed by atoms with E-state index in [0.29, 0.717) is 24.9 Å². The Balaban J connectivity index is 2.43. The van der Waals surface area contributed by atoms with Crippen LogP contribution in [0.1, 0.15) is 30.4 Å². The van der Waals surface area contributed by atoms with Crippen LogP contribution in [0.4, 0.5) is 17.6 Å². The van der Waals surface area contributed by atoms with Crippen LogP contribution in [0.25, 0.3) is 0 Å². The van der Waals surface area contributed by atoms with Gasteiger partial charge in [0, 0.05) is 13.0 Å². The predicted octanol–water partition coefficient (Wildman–Crippen LogP) is 2.59. The third-order valence-electron chi connectivity index (χ3n) is 2.69. The Morgan fingerprint density at radius 1 is 1.25 bits per heavy atom. The molecule has 0 aliphatic carbocycles. The van der Waals surface area contributed by atoms with Gasteiger partial charge in [0.25, 0.3) is 0 Å². The van der Waals surface area contributed by atoms with Crippen LogP contribution >= 0.6 is 0 Å². The van der Waals surface area contributed by atoms with Crippen molar-refractivity contribution < 1.29 is 22.4 Å². The van der Waals surface area contributed by atoms with Crippen LogP contribution in [-0.2, 0) is 17.5 Å². The molecule has 0 saturated carbocycles. The molecule has 112 valence electrons. The van der Waals surface area contributed by atoms with Crippen LogP contribution in [0.5, 0.6) is 0 Å². The SMILES string of the molecule is NC(=O)CCCCNCc1ccc(F)c(C(F)(F)F)c1. The van der Waals surface area contributed by atoms with Crippen molar-refractivity contribution in [2.45, 2.75) is 32.0 Å². The molecule has 0 bridgehead atoms. The van der Waals surface area contributed by atoms with E-state index in [4.69, 9.17) is 5.73 Å². The summed E-state index contributed by atoms with van der Waals surface area (Å²) in [5, 5.41) is 2.93. The molecule has 20 heavy (non-hydrogen) atoms. The summed E-state index contributed by atoms with van der Waals surface area (Å²) in [5.74, 6) is -1.65. The van der Waals surface area contributed by atoms with E-state index in [1.807, 2.05) is 0 Å². The summed E-state index contributed by atoms with van der Waals surface area (Å²) >= 11 is 0. The molecular weight excluding hydrogens is 276 g/mol.